The molecule has 0 saturated heterocycles. The van der Waals surface area contributed by atoms with Crippen LogP contribution in [0.15, 0.2) is 12.4 Å². The Balaban J connectivity index is 1.99. The molecular weight excluding hydrogens is 258 g/mol. The van der Waals surface area contributed by atoms with Crippen LogP contribution in [-0.2, 0) is 9.53 Å². The molecule has 0 unspecified atom stereocenters. The molecule has 0 aliphatic heterocycles. The Hall–Kier alpha value is -1.85. The van der Waals surface area contributed by atoms with Crippen molar-refractivity contribution in [3.8, 4) is 5.88 Å². The van der Waals surface area contributed by atoms with Gasteiger partial charge >= 0.3 is 5.97 Å². The molecule has 0 amide bonds. The number of hydrogen-bond acceptors (Lipinski definition) is 6. The minimum atomic E-state index is -0.132. The van der Waals surface area contributed by atoms with Gasteiger partial charge in [0.25, 0.3) is 5.88 Å². The van der Waals surface area contributed by atoms with Crippen molar-refractivity contribution < 1.29 is 14.3 Å². The van der Waals surface area contributed by atoms with Gasteiger partial charge in [-0.25, -0.2) is 9.97 Å². The number of esters is 1. The molecule has 1 heterocycles. The van der Waals surface area contributed by atoms with Gasteiger partial charge in [0.2, 0.25) is 0 Å². The maximum absolute atomic E-state index is 11.5. The van der Waals surface area contributed by atoms with Gasteiger partial charge in [-0.3, -0.25) is 4.79 Å². The number of aromatic nitrogens is 2. The first-order chi connectivity index (χ1) is 9.60. The number of hydrogen-bond donors (Lipinski definition) is 1. The Kier molecular flexibility index (Phi) is 4.76. The maximum atomic E-state index is 11.5. The Bertz CT molecular complexity index is 465. The summed E-state index contributed by atoms with van der Waals surface area (Å²) in [5, 5.41) is 3.32. The van der Waals surface area contributed by atoms with Gasteiger partial charge in [0.05, 0.1) is 19.1 Å². The highest BCUT2D eigenvalue weighted by Crippen LogP contribution is 2.30. The summed E-state index contributed by atoms with van der Waals surface area (Å²) in [6.45, 7) is 3.89. The molecule has 1 fully saturated rings. The van der Waals surface area contributed by atoms with Crippen LogP contribution in [-0.4, -0.2) is 35.2 Å². The van der Waals surface area contributed by atoms with Crippen molar-refractivity contribution in [2.45, 2.75) is 45.3 Å². The average Bonchev–Trinajstić information content (AvgIpc) is 2.88. The normalized spacial score (nSPS) is 21.8. The van der Waals surface area contributed by atoms with Gasteiger partial charge in [-0.2, -0.15) is 0 Å². The second-order valence-corrected chi connectivity index (χ2v) is 5.25. The third kappa shape index (κ3) is 3.59. The van der Waals surface area contributed by atoms with E-state index >= 15 is 0 Å². The summed E-state index contributed by atoms with van der Waals surface area (Å²) >= 11 is 0. The lowest BCUT2D eigenvalue weighted by atomic mass is 10.1. The summed E-state index contributed by atoms with van der Waals surface area (Å²) in [6.07, 6.45) is 5.78. The molecule has 20 heavy (non-hydrogen) atoms. The SMILES string of the molecule is COC(=O)[C@H]1CC[C@@H](Nc2nccnc2OC(C)C)C1. The summed E-state index contributed by atoms with van der Waals surface area (Å²) in [7, 11) is 1.43. The molecule has 1 aliphatic carbocycles. The molecule has 2 rings (SSSR count). The van der Waals surface area contributed by atoms with Crippen LogP contribution in [0.5, 0.6) is 5.88 Å². The number of anilines is 1. The Morgan fingerprint density at radius 2 is 2.10 bits per heavy atom. The third-order valence-electron chi connectivity index (χ3n) is 3.32. The highest BCUT2D eigenvalue weighted by atomic mass is 16.5. The second-order valence-electron chi connectivity index (χ2n) is 5.25. The molecule has 110 valence electrons. The van der Waals surface area contributed by atoms with Crippen LogP contribution >= 0.6 is 0 Å². The van der Waals surface area contributed by atoms with Crippen LogP contribution in [0.25, 0.3) is 0 Å². The van der Waals surface area contributed by atoms with Crippen molar-refractivity contribution in [2.24, 2.45) is 5.92 Å². The van der Waals surface area contributed by atoms with E-state index in [0.717, 1.165) is 19.3 Å². The van der Waals surface area contributed by atoms with Gasteiger partial charge in [0.15, 0.2) is 5.82 Å². The van der Waals surface area contributed by atoms with E-state index < -0.39 is 0 Å². The number of nitrogens with zero attached hydrogens (tertiary/aromatic N) is 2. The van der Waals surface area contributed by atoms with Crippen molar-refractivity contribution in [1.82, 2.24) is 9.97 Å². The molecule has 6 heteroatoms. The first-order valence-electron chi connectivity index (χ1n) is 6.92. The van der Waals surface area contributed by atoms with E-state index in [-0.39, 0.29) is 24.0 Å². The lowest BCUT2D eigenvalue weighted by molar-refractivity contribution is -0.145. The third-order valence-corrected chi connectivity index (χ3v) is 3.32. The predicted octanol–water partition coefficient (Wildman–Crippen LogP) is 2.02. The van der Waals surface area contributed by atoms with Crippen LogP contribution in [0.2, 0.25) is 0 Å². The molecule has 1 aromatic rings. The monoisotopic (exact) mass is 279 g/mol. The highest BCUT2D eigenvalue weighted by Gasteiger charge is 2.31. The van der Waals surface area contributed by atoms with Gasteiger partial charge in [-0.15, -0.1) is 0 Å². The summed E-state index contributed by atoms with van der Waals surface area (Å²) in [5.41, 5.74) is 0. The molecule has 1 N–H and O–H groups in total. The van der Waals surface area contributed by atoms with Gasteiger partial charge in [-0.05, 0) is 33.1 Å². The largest absolute Gasteiger partial charge is 0.472 e. The maximum Gasteiger partial charge on any atom is 0.308 e. The first-order valence-corrected chi connectivity index (χ1v) is 6.92. The van der Waals surface area contributed by atoms with Crippen LogP contribution in [0.3, 0.4) is 0 Å². The molecule has 1 aliphatic rings. The number of carbonyl (C=O) groups is 1. The van der Waals surface area contributed by atoms with E-state index in [1.165, 1.54) is 7.11 Å². The zero-order chi connectivity index (χ0) is 14.5. The van der Waals surface area contributed by atoms with Gasteiger partial charge in [-0.1, -0.05) is 0 Å². The molecule has 0 aromatic carbocycles. The molecule has 0 spiro atoms. The summed E-state index contributed by atoms with van der Waals surface area (Å²) in [4.78, 5) is 20.0. The Labute approximate surface area is 118 Å². The molecule has 1 saturated carbocycles. The minimum absolute atomic E-state index is 0.0244. The van der Waals surface area contributed by atoms with Crippen LogP contribution in [0, 0.1) is 5.92 Å². The van der Waals surface area contributed by atoms with Crippen molar-refractivity contribution >= 4 is 11.8 Å². The lowest BCUT2D eigenvalue weighted by Gasteiger charge is -2.17. The topological polar surface area (TPSA) is 73.3 Å². The summed E-state index contributed by atoms with van der Waals surface area (Å²) < 4.78 is 10.4. The zero-order valence-electron chi connectivity index (χ0n) is 12.1. The molecule has 2 atom stereocenters. The summed E-state index contributed by atoms with van der Waals surface area (Å²) in [5.74, 6) is 0.983. The Morgan fingerprint density at radius 1 is 1.35 bits per heavy atom. The van der Waals surface area contributed by atoms with Crippen LogP contribution in [0.1, 0.15) is 33.1 Å². The predicted molar refractivity (Wildman–Crippen MR) is 74.6 cm³/mol. The molecular formula is C14H21N3O3. The first kappa shape index (κ1) is 14.6. The number of methoxy groups -OCH3 is 1. The van der Waals surface area contributed by atoms with Crippen LogP contribution in [0.4, 0.5) is 5.82 Å². The zero-order valence-corrected chi connectivity index (χ0v) is 12.1. The van der Waals surface area contributed by atoms with Gasteiger partial charge in [0.1, 0.15) is 0 Å². The fourth-order valence-electron chi connectivity index (χ4n) is 2.42. The second kappa shape index (κ2) is 6.54. The molecule has 0 bridgehead atoms. The highest BCUT2D eigenvalue weighted by molar-refractivity contribution is 5.72. The molecule has 1 aromatic heterocycles. The number of nitrogens with one attached hydrogen (secondary N) is 1. The smallest absolute Gasteiger partial charge is 0.308 e. The lowest BCUT2D eigenvalue weighted by Crippen LogP contribution is -2.20. The van der Waals surface area contributed by atoms with Crippen molar-refractivity contribution in [3.05, 3.63) is 12.4 Å². The fraction of sp³-hybridized carbons (Fsp3) is 0.643. The van der Waals surface area contributed by atoms with E-state index in [2.05, 4.69) is 15.3 Å². The van der Waals surface area contributed by atoms with Crippen LogP contribution < -0.4 is 10.1 Å². The van der Waals surface area contributed by atoms with E-state index in [1.807, 2.05) is 13.8 Å². The van der Waals surface area contributed by atoms with Crippen molar-refractivity contribution in [1.29, 1.82) is 0 Å². The standard InChI is InChI=1S/C14H21N3O3/c1-9(2)20-13-12(15-6-7-16-13)17-11-5-4-10(8-11)14(18)19-3/h6-7,9-11H,4-5,8H2,1-3H3,(H,15,17)/t10-,11+/m0/s1. The minimum Gasteiger partial charge on any atom is -0.472 e. The number of ether oxygens (including phenoxy) is 2. The van der Waals surface area contributed by atoms with E-state index in [9.17, 15) is 4.79 Å². The van der Waals surface area contributed by atoms with Gasteiger partial charge in [0, 0.05) is 18.4 Å². The fourth-order valence-corrected chi connectivity index (χ4v) is 2.42. The quantitative estimate of drug-likeness (QED) is 0.831. The van der Waals surface area contributed by atoms with Gasteiger partial charge < -0.3 is 14.8 Å². The molecule has 0 radical (unpaired) electrons. The van der Waals surface area contributed by atoms with E-state index in [1.54, 1.807) is 12.4 Å². The van der Waals surface area contributed by atoms with Crippen molar-refractivity contribution in [2.75, 3.05) is 12.4 Å². The Morgan fingerprint density at radius 3 is 2.80 bits per heavy atom. The van der Waals surface area contributed by atoms with Crippen molar-refractivity contribution in [3.63, 3.8) is 0 Å². The number of carbonyl (C=O) groups excluding carboxylic acids is 1. The van der Waals surface area contributed by atoms with E-state index in [4.69, 9.17) is 9.47 Å². The number of rotatable bonds is 5. The summed E-state index contributed by atoms with van der Waals surface area (Å²) in [6, 6.07) is 0.199. The molecule has 6 nitrogen and oxygen atoms in total. The average molecular weight is 279 g/mol. The van der Waals surface area contributed by atoms with E-state index in [0.29, 0.717) is 11.7 Å².